The van der Waals surface area contributed by atoms with Crippen molar-refractivity contribution in [2.75, 3.05) is 14.1 Å². The zero-order valence-corrected chi connectivity index (χ0v) is 12.1. The van der Waals surface area contributed by atoms with Gasteiger partial charge in [-0.2, -0.15) is 0 Å². The molecule has 0 fully saturated rings. The summed E-state index contributed by atoms with van der Waals surface area (Å²) < 4.78 is 5.74. The van der Waals surface area contributed by atoms with Crippen molar-refractivity contribution in [3.63, 3.8) is 0 Å². The highest BCUT2D eigenvalue weighted by atomic mass is 16.3. The molecule has 0 N–H and O–H groups in total. The van der Waals surface area contributed by atoms with E-state index in [1.807, 2.05) is 31.2 Å². The maximum atomic E-state index is 12.4. The first-order valence-corrected chi connectivity index (χ1v) is 6.38. The lowest BCUT2D eigenvalue weighted by Crippen LogP contribution is -2.25. The topological polar surface area (TPSA) is 50.5 Å². The summed E-state index contributed by atoms with van der Waals surface area (Å²) in [7, 11) is 3.26. The van der Waals surface area contributed by atoms with Gasteiger partial charge in [0, 0.05) is 25.2 Å². The van der Waals surface area contributed by atoms with Gasteiger partial charge in [0.15, 0.2) is 11.2 Å². The quantitative estimate of drug-likeness (QED) is 0.844. The lowest BCUT2D eigenvalue weighted by molar-refractivity contribution is 0.0796. The van der Waals surface area contributed by atoms with Gasteiger partial charge >= 0.3 is 0 Å². The molecular formula is C16H17NO3. The third kappa shape index (κ3) is 2.25. The molecule has 1 heterocycles. The van der Waals surface area contributed by atoms with Crippen molar-refractivity contribution in [2.45, 2.75) is 13.8 Å². The van der Waals surface area contributed by atoms with Crippen LogP contribution in [-0.4, -0.2) is 24.9 Å². The van der Waals surface area contributed by atoms with Crippen LogP contribution in [0.4, 0.5) is 0 Å². The standard InChI is InChI=1S/C16H17NO3/c1-5-7-11-8-6-9-12-13(18)10(2)14(20-15(11)12)16(19)17(3)4/h5-9H,1-4H3. The molecule has 1 aromatic heterocycles. The molecule has 20 heavy (non-hydrogen) atoms. The Hall–Kier alpha value is -2.36. The van der Waals surface area contributed by atoms with E-state index in [4.69, 9.17) is 4.42 Å². The van der Waals surface area contributed by atoms with Crippen LogP contribution in [0.5, 0.6) is 0 Å². The summed E-state index contributed by atoms with van der Waals surface area (Å²) in [5.41, 5.74) is 1.41. The normalized spacial score (nSPS) is 11.2. The van der Waals surface area contributed by atoms with Crippen LogP contribution in [0.1, 0.15) is 28.6 Å². The second-order valence-electron chi connectivity index (χ2n) is 4.81. The number of para-hydroxylation sites is 1. The monoisotopic (exact) mass is 271 g/mol. The lowest BCUT2D eigenvalue weighted by Gasteiger charge is -2.12. The van der Waals surface area contributed by atoms with E-state index in [1.54, 1.807) is 27.1 Å². The predicted octanol–water partition coefficient (Wildman–Crippen LogP) is 2.84. The number of nitrogens with zero attached hydrogens (tertiary/aromatic N) is 1. The van der Waals surface area contributed by atoms with Crippen LogP contribution in [0.3, 0.4) is 0 Å². The van der Waals surface area contributed by atoms with Crippen LogP contribution in [0.25, 0.3) is 17.0 Å². The number of allylic oxidation sites excluding steroid dienone is 1. The minimum Gasteiger partial charge on any atom is -0.450 e. The fourth-order valence-corrected chi connectivity index (χ4v) is 2.05. The number of rotatable bonds is 2. The van der Waals surface area contributed by atoms with E-state index in [0.717, 1.165) is 5.56 Å². The Labute approximate surface area is 117 Å². The minimum atomic E-state index is -0.309. The molecule has 1 aromatic carbocycles. The summed E-state index contributed by atoms with van der Waals surface area (Å²) in [5.74, 6) is -0.207. The molecular weight excluding hydrogens is 254 g/mol. The molecule has 0 radical (unpaired) electrons. The van der Waals surface area contributed by atoms with Crippen molar-refractivity contribution >= 4 is 23.0 Å². The van der Waals surface area contributed by atoms with E-state index in [2.05, 4.69) is 0 Å². The summed E-state index contributed by atoms with van der Waals surface area (Å²) in [6.45, 7) is 3.50. The Morgan fingerprint density at radius 1 is 1.30 bits per heavy atom. The van der Waals surface area contributed by atoms with Crippen molar-refractivity contribution in [1.29, 1.82) is 0 Å². The first kappa shape index (κ1) is 14.1. The molecule has 0 aliphatic rings. The van der Waals surface area contributed by atoms with Crippen molar-refractivity contribution in [3.05, 3.63) is 51.4 Å². The lowest BCUT2D eigenvalue weighted by atomic mass is 10.1. The summed E-state index contributed by atoms with van der Waals surface area (Å²) in [4.78, 5) is 25.9. The molecule has 1 amide bonds. The second kappa shape index (κ2) is 5.33. The number of hydrogen-bond acceptors (Lipinski definition) is 3. The van der Waals surface area contributed by atoms with E-state index in [0.29, 0.717) is 16.5 Å². The van der Waals surface area contributed by atoms with E-state index in [1.165, 1.54) is 4.90 Å². The zero-order chi connectivity index (χ0) is 14.9. The highest BCUT2D eigenvalue weighted by molar-refractivity contribution is 5.95. The molecule has 0 aliphatic heterocycles. The van der Waals surface area contributed by atoms with Crippen LogP contribution < -0.4 is 5.43 Å². The number of benzene rings is 1. The van der Waals surface area contributed by atoms with E-state index in [-0.39, 0.29) is 17.1 Å². The van der Waals surface area contributed by atoms with Crippen LogP contribution in [0.15, 0.2) is 33.5 Å². The first-order chi connectivity index (χ1) is 9.47. The Morgan fingerprint density at radius 3 is 2.60 bits per heavy atom. The Bertz CT molecular complexity index is 754. The molecule has 0 saturated heterocycles. The fourth-order valence-electron chi connectivity index (χ4n) is 2.05. The fraction of sp³-hybridized carbons (Fsp3) is 0.250. The van der Waals surface area contributed by atoms with E-state index in [9.17, 15) is 9.59 Å². The van der Waals surface area contributed by atoms with Crippen molar-refractivity contribution in [3.8, 4) is 0 Å². The average molecular weight is 271 g/mol. The molecule has 4 nitrogen and oxygen atoms in total. The van der Waals surface area contributed by atoms with Gasteiger partial charge in [0.1, 0.15) is 5.58 Å². The Kier molecular flexibility index (Phi) is 3.74. The second-order valence-corrected chi connectivity index (χ2v) is 4.81. The van der Waals surface area contributed by atoms with Gasteiger partial charge in [-0.15, -0.1) is 0 Å². The minimum absolute atomic E-state index is 0.101. The SMILES string of the molecule is CC=Cc1cccc2c(=O)c(C)c(C(=O)N(C)C)oc12. The summed E-state index contributed by atoms with van der Waals surface area (Å²) in [6, 6.07) is 5.37. The van der Waals surface area contributed by atoms with Gasteiger partial charge in [0.2, 0.25) is 0 Å². The highest BCUT2D eigenvalue weighted by Crippen LogP contribution is 2.21. The zero-order valence-electron chi connectivity index (χ0n) is 12.1. The highest BCUT2D eigenvalue weighted by Gasteiger charge is 2.19. The molecule has 4 heteroatoms. The Balaban J connectivity index is 2.87. The molecule has 0 atom stereocenters. The summed E-state index contributed by atoms with van der Waals surface area (Å²) >= 11 is 0. The molecule has 2 rings (SSSR count). The van der Waals surface area contributed by atoms with Gasteiger partial charge in [0.25, 0.3) is 5.91 Å². The smallest absolute Gasteiger partial charge is 0.289 e. The van der Waals surface area contributed by atoms with E-state index >= 15 is 0 Å². The van der Waals surface area contributed by atoms with Crippen LogP contribution in [-0.2, 0) is 0 Å². The van der Waals surface area contributed by atoms with Crippen LogP contribution in [0.2, 0.25) is 0 Å². The molecule has 0 bridgehead atoms. The molecule has 0 spiro atoms. The van der Waals surface area contributed by atoms with Crippen LogP contribution in [0, 0.1) is 6.92 Å². The number of hydrogen-bond donors (Lipinski definition) is 0. The number of carbonyl (C=O) groups excluding carboxylic acids is 1. The molecule has 104 valence electrons. The number of amides is 1. The van der Waals surface area contributed by atoms with Gasteiger partial charge in [-0.1, -0.05) is 24.3 Å². The largest absolute Gasteiger partial charge is 0.450 e. The first-order valence-electron chi connectivity index (χ1n) is 6.38. The van der Waals surface area contributed by atoms with Gasteiger partial charge in [-0.25, -0.2) is 0 Å². The molecule has 0 unspecified atom stereocenters. The number of carbonyl (C=O) groups is 1. The van der Waals surface area contributed by atoms with Crippen molar-refractivity contribution in [2.24, 2.45) is 0 Å². The summed E-state index contributed by atoms with van der Waals surface area (Å²) in [5, 5.41) is 0.494. The maximum Gasteiger partial charge on any atom is 0.289 e. The van der Waals surface area contributed by atoms with Gasteiger partial charge in [0.05, 0.1) is 5.39 Å². The molecule has 0 saturated carbocycles. The van der Waals surface area contributed by atoms with E-state index < -0.39 is 0 Å². The third-order valence-electron chi connectivity index (χ3n) is 3.12. The third-order valence-corrected chi connectivity index (χ3v) is 3.12. The van der Waals surface area contributed by atoms with Crippen molar-refractivity contribution in [1.82, 2.24) is 4.90 Å². The van der Waals surface area contributed by atoms with Gasteiger partial charge in [-0.05, 0) is 19.9 Å². The van der Waals surface area contributed by atoms with Gasteiger partial charge in [-0.3, -0.25) is 9.59 Å². The summed E-state index contributed by atoms with van der Waals surface area (Å²) in [6.07, 6.45) is 3.71. The predicted molar refractivity (Wildman–Crippen MR) is 79.9 cm³/mol. The molecule has 0 aliphatic carbocycles. The van der Waals surface area contributed by atoms with Crippen molar-refractivity contribution < 1.29 is 9.21 Å². The average Bonchev–Trinajstić information content (AvgIpc) is 2.42. The Morgan fingerprint density at radius 2 is 2.00 bits per heavy atom. The molecule has 2 aromatic rings. The van der Waals surface area contributed by atoms with Gasteiger partial charge < -0.3 is 9.32 Å². The maximum absolute atomic E-state index is 12.4. The number of fused-ring (bicyclic) bond motifs is 1. The van der Waals surface area contributed by atoms with Crippen LogP contribution >= 0.6 is 0 Å².